The highest BCUT2D eigenvalue weighted by atomic mass is 35.5. The SMILES string of the molecule is CC(C)(C)C(Cl)(P(C)(=O)O)P(=O)(O)O. The highest BCUT2D eigenvalue weighted by Crippen LogP contribution is 2.77. The van der Waals surface area contributed by atoms with Crippen LogP contribution in [-0.2, 0) is 9.13 Å². The molecule has 0 aliphatic heterocycles. The van der Waals surface area contributed by atoms with Crippen LogP contribution in [0.3, 0.4) is 0 Å². The summed E-state index contributed by atoms with van der Waals surface area (Å²) in [6.45, 7) is 5.08. The van der Waals surface area contributed by atoms with Gasteiger partial charge in [-0.3, -0.25) is 9.13 Å². The Morgan fingerprint density at radius 3 is 1.36 bits per heavy atom. The van der Waals surface area contributed by atoms with Gasteiger partial charge in [-0.25, -0.2) is 0 Å². The molecule has 0 aromatic heterocycles. The molecule has 0 aromatic rings. The molecule has 0 saturated heterocycles. The summed E-state index contributed by atoms with van der Waals surface area (Å²) in [5.74, 6) is 0. The summed E-state index contributed by atoms with van der Waals surface area (Å²) in [4.78, 5) is 27.4. The van der Waals surface area contributed by atoms with Gasteiger partial charge in [0.05, 0.1) is 0 Å². The first-order chi connectivity index (χ1) is 5.75. The van der Waals surface area contributed by atoms with E-state index in [1.54, 1.807) is 0 Å². The molecule has 8 heteroatoms. The van der Waals surface area contributed by atoms with Crippen LogP contribution in [0.15, 0.2) is 0 Å². The zero-order valence-electron chi connectivity index (χ0n) is 8.43. The van der Waals surface area contributed by atoms with E-state index in [-0.39, 0.29) is 0 Å². The van der Waals surface area contributed by atoms with Crippen molar-refractivity contribution in [2.45, 2.75) is 25.1 Å². The lowest BCUT2D eigenvalue weighted by atomic mass is 9.99. The van der Waals surface area contributed by atoms with E-state index in [4.69, 9.17) is 21.4 Å². The molecule has 0 saturated carbocycles. The Labute approximate surface area is 88.1 Å². The molecule has 0 amide bonds. The number of hydrogen-bond acceptors (Lipinski definition) is 2. The summed E-state index contributed by atoms with van der Waals surface area (Å²) in [7, 11) is -9.01. The van der Waals surface area contributed by atoms with E-state index >= 15 is 0 Å². The third-order valence-corrected chi connectivity index (χ3v) is 9.17. The summed E-state index contributed by atoms with van der Waals surface area (Å²) in [5, 5.41) is 0. The van der Waals surface area contributed by atoms with Gasteiger partial charge >= 0.3 is 7.60 Å². The molecule has 0 heterocycles. The van der Waals surface area contributed by atoms with Crippen molar-refractivity contribution in [3.05, 3.63) is 0 Å². The van der Waals surface area contributed by atoms with E-state index < -0.39 is 24.7 Å². The second-order valence-electron chi connectivity index (χ2n) is 4.26. The minimum atomic E-state index is -4.88. The van der Waals surface area contributed by atoms with Gasteiger partial charge in [0.15, 0.2) is 0 Å². The second-order valence-corrected chi connectivity index (χ2v) is 9.90. The normalized spacial score (nSPS) is 22.6. The van der Waals surface area contributed by atoms with Crippen LogP contribution in [0.4, 0.5) is 0 Å². The molecule has 86 valence electrons. The zero-order valence-corrected chi connectivity index (χ0v) is 11.0. The fourth-order valence-electron chi connectivity index (χ4n) is 1.30. The maximum Gasteiger partial charge on any atom is 0.356 e. The molecule has 14 heavy (non-hydrogen) atoms. The minimum Gasteiger partial charge on any atom is -0.343 e. The van der Waals surface area contributed by atoms with Crippen LogP contribution in [0.25, 0.3) is 0 Å². The number of hydrogen-bond donors (Lipinski definition) is 3. The average Bonchev–Trinajstić information content (AvgIpc) is 1.77. The van der Waals surface area contributed by atoms with Crippen LogP contribution in [-0.4, -0.2) is 25.7 Å². The van der Waals surface area contributed by atoms with Crippen molar-refractivity contribution in [2.24, 2.45) is 5.41 Å². The third-order valence-electron chi connectivity index (χ3n) is 1.89. The Morgan fingerprint density at radius 1 is 1.07 bits per heavy atom. The molecular weight excluding hydrogens is 249 g/mol. The molecule has 3 N–H and O–H groups in total. The summed E-state index contributed by atoms with van der Waals surface area (Å²) >= 11 is 5.69. The first-order valence-corrected chi connectivity index (χ1v) is 7.90. The van der Waals surface area contributed by atoms with Gasteiger partial charge < -0.3 is 14.7 Å². The molecule has 0 spiro atoms. The fourth-order valence-corrected chi connectivity index (χ4v) is 5.35. The number of halogens is 1. The Kier molecular flexibility index (Phi) is 3.75. The standard InChI is InChI=1S/C6H15ClO5P2/c1-5(2,3)6(7,13(4,8)9)14(10,11)12/h1-4H3,(H,8,9)(H2,10,11,12). The molecular formula is C6H15ClO5P2. The Morgan fingerprint density at radius 2 is 1.36 bits per heavy atom. The second kappa shape index (κ2) is 3.58. The van der Waals surface area contributed by atoms with Gasteiger partial charge in [-0.1, -0.05) is 32.4 Å². The van der Waals surface area contributed by atoms with Gasteiger partial charge in [-0.2, -0.15) is 0 Å². The topological polar surface area (TPSA) is 94.8 Å². The van der Waals surface area contributed by atoms with Crippen LogP contribution in [0, 0.1) is 5.41 Å². The van der Waals surface area contributed by atoms with Gasteiger partial charge in [-0.05, 0) is 0 Å². The monoisotopic (exact) mass is 264 g/mol. The first kappa shape index (κ1) is 14.6. The summed E-state index contributed by atoms with van der Waals surface area (Å²) in [6, 6.07) is 0. The predicted molar refractivity (Wildman–Crippen MR) is 55.8 cm³/mol. The fraction of sp³-hybridized carbons (Fsp3) is 1.00. The highest BCUT2D eigenvalue weighted by molar-refractivity contribution is 7.77. The Bertz CT molecular complexity index is 287. The van der Waals surface area contributed by atoms with E-state index in [1.807, 2.05) is 0 Å². The van der Waals surface area contributed by atoms with E-state index in [0.29, 0.717) is 0 Å². The lowest BCUT2D eigenvalue weighted by Crippen LogP contribution is -2.36. The molecule has 0 aliphatic carbocycles. The van der Waals surface area contributed by atoms with Crippen molar-refractivity contribution in [2.75, 3.05) is 6.66 Å². The van der Waals surface area contributed by atoms with Crippen molar-refractivity contribution in [3.63, 3.8) is 0 Å². The predicted octanol–water partition coefficient (Wildman–Crippen LogP) is 2.00. The molecule has 0 bridgehead atoms. The Hall–Kier alpha value is 0.630. The molecule has 2 unspecified atom stereocenters. The van der Waals surface area contributed by atoms with Crippen molar-refractivity contribution >= 4 is 26.6 Å². The van der Waals surface area contributed by atoms with Crippen molar-refractivity contribution in [3.8, 4) is 0 Å². The summed E-state index contributed by atoms with van der Waals surface area (Å²) < 4.78 is 20.2. The quantitative estimate of drug-likeness (QED) is 0.524. The molecule has 0 radical (unpaired) electrons. The lowest BCUT2D eigenvalue weighted by Gasteiger charge is -2.40. The van der Waals surface area contributed by atoms with Crippen molar-refractivity contribution in [1.82, 2.24) is 0 Å². The van der Waals surface area contributed by atoms with Crippen LogP contribution < -0.4 is 0 Å². The van der Waals surface area contributed by atoms with Gasteiger partial charge in [-0.15, -0.1) is 0 Å². The van der Waals surface area contributed by atoms with E-state index in [9.17, 15) is 14.0 Å². The smallest absolute Gasteiger partial charge is 0.343 e. The largest absolute Gasteiger partial charge is 0.356 e. The number of rotatable bonds is 2. The van der Waals surface area contributed by atoms with E-state index in [1.165, 1.54) is 20.8 Å². The molecule has 2 atom stereocenters. The molecule has 0 fully saturated rings. The Balaban J connectivity index is 5.81. The van der Waals surface area contributed by atoms with Crippen LogP contribution in [0.2, 0.25) is 0 Å². The number of alkyl halides is 1. The molecule has 5 nitrogen and oxygen atoms in total. The van der Waals surface area contributed by atoms with Gasteiger partial charge in [0.2, 0.25) is 11.7 Å². The molecule has 0 aromatic carbocycles. The van der Waals surface area contributed by atoms with Gasteiger partial charge in [0.1, 0.15) is 0 Å². The van der Waals surface area contributed by atoms with Crippen molar-refractivity contribution < 1.29 is 23.8 Å². The van der Waals surface area contributed by atoms with Gasteiger partial charge in [0, 0.05) is 12.1 Å². The summed E-state index contributed by atoms with van der Waals surface area (Å²) in [6.07, 6.45) is 0. The molecule has 0 aliphatic rings. The lowest BCUT2D eigenvalue weighted by molar-refractivity contribution is 0.299. The van der Waals surface area contributed by atoms with Crippen molar-refractivity contribution in [1.29, 1.82) is 0 Å². The van der Waals surface area contributed by atoms with E-state index in [2.05, 4.69) is 0 Å². The average molecular weight is 265 g/mol. The highest BCUT2D eigenvalue weighted by Gasteiger charge is 2.63. The third kappa shape index (κ3) is 2.24. The van der Waals surface area contributed by atoms with Crippen LogP contribution >= 0.6 is 26.6 Å². The minimum absolute atomic E-state index is 0.852. The first-order valence-electron chi connectivity index (χ1n) is 3.80. The van der Waals surface area contributed by atoms with Crippen LogP contribution in [0.1, 0.15) is 20.8 Å². The maximum absolute atomic E-state index is 11.5. The van der Waals surface area contributed by atoms with Gasteiger partial charge in [0.25, 0.3) is 0 Å². The maximum atomic E-state index is 11.5. The zero-order chi connectivity index (χ0) is 12.0. The van der Waals surface area contributed by atoms with E-state index in [0.717, 1.165) is 6.66 Å². The summed E-state index contributed by atoms with van der Waals surface area (Å²) in [5.41, 5.74) is -1.19. The van der Waals surface area contributed by atoms with Crippen LogP contribution in [0.5, 0.6) is 0 Å². The molecule has 0 rings (SSSR count).